The van der Waals surface area contributed by atoms with Crippen LogP contribution >= 0.6 is 0 Å². The van der Waals surface area contributed by atoms with Gasteiger partial charge in [0.1, 0.15) is 5.82 Å². The van der Waals surface area contributed by atoms with E-state index in [0.717, 1.165) is 5.56 Å². The molecule has 1 aromatic heterocycles. The molecule has 0 radical (unpaired) electrons. The van der Waals surface area contributed by atoms with Crippen molar-refractivity contribution in [2.24, 2.45) is 0 Å². The van der Waals surface area contributed by atoms with Crippen LogP contribution in [0, 0.1) is 12.7 Å². The van der Waals surface area contributed by atoms with Crippen molar-refractivity contribution in [2.75, 3.05) is 12.4 Å². The number of hydrogen-bond donors (Lipinski definition) is 1. The van der Waals surface area contributed by atoms with E-state index in [1.807, 2.05) is 6.92 Å². The maximum absolute atomic E-state index is 13.8. The molecule has 3 rings (SSSR count). The van der Waals surface area contributed by atoms with Gasteiger partial charge in [0.15, 0.2) is 11.7 Å². The number of nitrogens with zero attached hydrogens (tertiary/aromatic N) is 1. The summed E-state index contributed by atoms with van der Waals surface area (Å²) in [5.41, 5.74) is 2.03. The summed E-state index contributed by atoms with van der Waals surface area (Å²) < 4.78 is 24.0. The Morgan fingerprint density at radius 3 is 2.75 bits per heavy atom. The number of rotatable bonds is 6. The minimum absolute atomic E-state index is 0.124. The van der Waals surface area contributed by atoms with Crippen molar-refractivity contribution in [3.63, 3.8) is 0 Å². The van der Waals surface area contributed by atoms with Gasteiger partial charge < -0.3 is 14.5 Å². The number of amides is 1. The molecule has 28 heavy (non-hydrogen) atoms. The molecule has 1 N–H and O–H groups in total. The van der Waals surface area contributed by atoms with E-state index in [-0.39, 0.29) is 18.7 Å². The number of oxazole rings is 1. The second-order valence-electron chi connectivity index (χ2n) is 6.17. The monoisotopic (exact) mass is 382 g/mol. The van der Waals surface area contributed by atoms with Gasteiger partial charge in [-0.2, -0.15) is 0 Å². The Bertz CT molecular complexity index is 1010. The standard InChI is InChI=1S/C21H19FN2O4/c1-13-7-8-14(21(26)27-2)11-17(13)24-19(25)9-10-20-23-12-18(28-20)15-5-3-4-6-16(15)22/h3-8,11-12H,9-10H2,1-2H3,(H,24,25). The van der Waals surface area contributed by atoms with Crippen LogP contribution in [0.2, 0.25) is 0 Å². The first kappa shape index (κ1) is 19.3. The lowest BCUT2D eigenvalue weighted by molar-refractivity contribution is -0.116. The molecule has 0 saturated carbocycles. The van der Waals surface area contributed by atoms with Gasteiger partial charge in [-0.3, -0.25) is 4.79 Å². The van der Waals surface area contributed by atoms with E-state index in [2.05, 4.69) is 15.0 Å². The van der Waals surface area contributed by atoms with Crippen molar-refractivity contribution in [3.8, 4) is 11.3 Å². The normalized spacial score (nSPS) is 10.5. The molecule has 1 amide bonds. The lowest BCUT2D eigenvalue weighted by Gasteiger charge is -2.09. The molecule has 0 aliphatic rings. The minimum atomic E-state index is -0.476. The average Bonchev–Trinajstić information content (AvgIpc) is 3.16. The molecule has 3 aromatic rings. The topological polar surface area (TPSA) is 81.4 Å². The fourth-order valence-electron chi connectivity index (χ4n) is 2.65. The number of aryl methyl sites for hydroxylation is 2. The molecule has 6 nitrogen and oxygen atoms in total. The van der Waals surface area contributed by atoms with Crippen molar-refractivity contribution >= 4 is 17.6 Å². The number of anilines is 1. The van der Waals surface area contributed by atoms with Crippen LogP contribution < -0.4 is 5.32 Å². The van der Waals surface area contributed by atoms with E-state index < -0.39 is 11.8 Å². The SMILES string of the molecule is COC(=O)c1ccc(C)c(NC(=O)CCc2ncc(-c3ccccc3F)o2)c1. The third kappa shape index (κ3) is 4.43. The summed E-state index contributed by atoms with van der Waals surface area (Å²) >= 11 is 0. The van der Waals surface area contributed by atoms with Gasteiger partial charge in [-0.25, -0.2) is 14.2 Å². The third-order valence-electron chi connectivity index (χ3n) is 4.19. The summed E-state index contributed by atoms with van der Waals surface area (Å²) in [6.45, 7) is 1.82. The number of aromatic nitrogens is 1. The Hall–Kier alpha value is -3.48. The highest BCUT2D eigenvalue weighted by atomic mass is 19.1. The van der Waals surface area contributed by atoms with Crippen molar-refractivity contribution in [3.05, 3.63) is 71.5 Å². The molecule has 0 atom stereocenters. The third-order valence-corrected chi connectivity index (χ3v) is 4.19. The summed E-state index contributed by atoms with van der Waals surface area (Å²) in [5, 5.41) is 2.77. The number of halogens is 1. The van der Waals surface area contributed by atoms with E-state index in [1.165, 1.54) is 19.4 Å². The smallest absolute Gasteiger partial charge is 0.337 e. The highest BCUT2D eigenvalue weighted by Crippen LogP contribution is 2.24. The fraction of sp³-hybridized carbons (Fsp3) is 0.190. The maximum atomic E-state index is 13.8. The van der Waals surface area contributed by atoms with Gasteiger partial charge >= 0.3 is 5.97 Å². The number of esters is 1. The molecule has 0 aliphatic carbocycles. The van der Waals surface area contributed by atoms with Gasteiger partial charge in [0.2, 0.25) is 5.91 Å². The van der Waals surface area contributed by atoms with Crippen LogP contribution in [0.5, 0.6) is 0 Å². The number of carbonyl (C=O) groups excluding carboxylic acids is 2. The predicted octanol–water partition coefficient (Wildman–Crippen LogP) is 4.15. The molecule has 0 aliphatic heterocycles. The molecule has 0 spiro atoms. The Morgan fingerprint density at radius 1 is 1.21 bits per heavy atom. The van der Waals surface area contributed by atoms with Gasteiger partial charge in [0, 0.05) is 18.5 Å². The minimum Gasteiger partial charge on any atom is -0.465 e. The highest BCUT2D eigenvalue weighted by Gasteiger charge is 2.13. The molecule has 0 saturated heterocycles. The first-order chi connectivity index (χ1) is 13.5. The van der Waals surface area contributed by atoms with Crippen LogP contribution in [-0.4, -0.2) is 24.0 Å². The van der Waals surface area contributed by atoms with Crippen LogP contribution in [0.3, 0.4) is 0 Å². The maximum Gasteiger partial charge on any atom is 0.337 e. The van der Waals surface area contributed by atoms with Gasteiger partial charge in [0.25, 0.3) is 0 Å². The van der Waals surface area contributed by atoms with Crippen molar-refractivity contribution in [2.45, 2.75) is 19.8 Å². The molecule has 0 unspecified atom stereocenters. The first-order valence-electron chi connectivity index (χ1n) is 8.66. The molecular formula is C21H19FN2O4. The predicted molar refractivity (Wildman–Crippen MR) is 101 cm³/mol. The zero-order chi connectivity index (χ0) is 20.1. The summed E-state index contributed by atoms with van der Waals surface area (Å²) in [7, 11) is 1.30. The van der Waals surface area contributed by atoms with Crippen molar-refractivity contribution in [1.82, 2.24) is 4.98 Å². The van der Waals surface area contributed by atoms with Gasteiger partial charge in [-0.1, -0.05) is 18.2 Å². The van der Waals surface area contributed by atoms with E-state index >= 15 is 0 Å². The highest BCUT2D eigenvalue weighted by molar-refractivity contribution is 5.95. The lowest BCUT2D eigenvalue weighted by atomic mass is 10.1. The second-order valence-corrected chi connectivity index (χ2v) is 6.17. The zero-order valence-electron chi connectivity index (χ0n) is 15.5. The Balaban J connectivity index is 1.63. The molecular weight excluding hydrogens is 363 g/mol. The fourth-order valence-corrected chi connectivity index (χ4v) is 2.65. The van der Waals surface area contributed by atoms with Crippen LogP contribution in [0.15, 0.2) is 53.1 Å². The summed E-state index contributed by atoms with van der Waals surface area (Å²) in [6.07, 6.45) is 1.82. The number of benzene rings is 2. The number of methoxy groups -OCH3 is 1. The Labute approximate surface area is 161 Å². The second kappa shape index (κ2) is 8.47. The van der Waals surface area contributed by atoms with E-state index in [1.54, 1.807) is 36.4 Å². The Morgan fingerprint density at radius 2 is 2.00 bits per heavy atom. The summed E-state index contributed by atoms with van der Waals surface area (Å²) in [5.74, 6) is -0.473. The molecule has 0 bridgehead atoms. The van der Waals surface area contributed by atoms with Gasteiger partial charge in [-0.05, 0) is 36.8 Å². The van der Waals surface area contributed by atoms with E-state index in [0.29, 0.717) is 28.5 Å². The molecule has 2 aromatic carbocycles. The largest absolute Gasteiger partial charge is 0.465 e. The Kier molecular flexibility index (Phi) is 5.84. The molecule has 1 heterocycles. The summed E-state index contributed by atoms with van der Waals surface area (Å²) in [4.78, 5) is 28.0. The van der Waals surface area contributed by atoms with E-state index in [9.17, 15) is 14.0 Å². The van der Waals surface area contributed by atoms with Crippen molar-refractivity contribution < 1.29 is 23.1 Å². The number of hydrogen-bond acceptors (Lipinski definition) is 5. The van der Waals surface area contributed by atoms with Crippen LogP contribution in [0.25, 0.3) is 11.3 Å². The molecule has 7 heteroatoms. The quantitative estimate of drug-likeness (QED) is 0.648. The number of nitrogens with one attached hydrogen (secondary N) is 1. The summed E-state index contributed by atoms with van der Waals surface area (Å²) in [6, 6.07) is 11.2. The zero-order valence-corrected chi connectivity index (χ0v) is 15.5. The van der Waals surface area contributed by atoms with E-state index in [4.69, 9.17) is 4.42 Å². The first-order valence-corrected chi connectivity index (χ1v) is 8.66. The lowest BCUT2D eigenvalue weighted by Crippen LogP contribution is -2.14. The molecule has 0 fully saturated rings. The molecule has 144 valence electrons. The van der Waals surface area contributed by atoms with Gasteiger partial charge in [0.05, 0.1) is 24.4 Å². The van der Waals surface area contributed by atoms with Crippen LogP contribution in [0.4, 0.5) is 10.1 Å². The number of ether oxygens (including phenoxy) is 1. The number of carbonyl (C=O) groups is 2. The van der Waals surface area contributed by atoms with Crippen LogP contribution in [-0.2, 0) is 16.0 Å². The van der Waals surface area contributed by atoms with Gasteiger partial charge in [-0.15, -0.1) is 0 Å². The average molecular weight is 382 g/mol. The van der Waals surface area contributed by atoms with Crippen molar-refractivity contribution in [1.29, 1.82) is 0 Å². The van der Waals surface area contributed by atoms with Crippen LogP contribution in [0.1, 0.15) is 28.2 Å².